The number of amides is 2. The highest BCUT2D eigenvalue weighted by molar-refractivity contribution is 7.91. The van der Waals surface area contributed by atoms with E-state index in [-0.39, 0.29) is 46.8 Å². The molecule has 1 unspecified atom stereocenters. The number of hydrogen-bond acceptors (Lipinski definition) is 10. The normalized spacial score (nSPS) is 19.4. The molecule has 0 spiro atoms. The molecule has 0 aliphatic carbocycles. The zero-order valence-electron chi connectivity index (χ0n) is 23.0. The van der Waals surface area contributed by atoms with Crippen molar-refractivity contribution in [2.45, 2.75) is 46.9 Å². The molecule has 0 saturated carbocycles. The van der Waals surface area contributed by atoms with Crippen molar-refractivity contribution in [2.75, 3.05) is 26.2 Å². The molecule has 0 radical (unpaired) electrons. The number of carbonyl (C=O) groups excluding carboxylic acids is 2. The van der Waals surface area contributed by atoms with Gasteiger partial charge in [-0.25, -0.2) is 21.6 Å². The van der Waals surface area contributed by atoms with Gasteiger partial charge in [0, 0.05) is 47.6 Å². The quantitative estimate of drug-likeness (QED) is 0.226. The Morgan fingerprint density at radius 3 is 2.45 bits per heavy atom. The van der Waals surface area contributed by atoms with Crippen LogP contribution in [0.5, 0.6) is 0 Å². The number of rotatable bonds is 11. The van der Waals surface area contributed by atoms with Crippen LogP contribution in [0, 0.1) is 10.1 Å². The average molecular weight is 702 g/mol. The fraction of sp³-hybridized carbons (Fsp3) is 0.385. The van der Waals surface area contributed by atoms with Crippen LogP contribution in [0.1, 0.15) is 25.7 Å². The number of nitro benzene ring substituents is 1. The number of hydrogen-bond donors (Lipinski definition) is 2. The first-order valence-corrected chi connectivity index (χ1v) is 18.5. The Hall–Kier alpha value is -2.93. The highest BCUT2D eigenvalue weighted by atomic mass is 35.5. The predicted molar refractivity (Wildman–Crippen MR) is 166 cm³/mol. The van der Waals surface area contributed by atoms with E-state index < -0.39 is 43.0 Å². The molecule has 1 aromatic carbocycles. The van der Waals surface area contributed by atoms with Crippen molar-refractivity contribution in [3.05, 3.63) is 63.0 Å². The summed E-state index contributed by atoms with van der Waals surface area (Å²) in [6.07, 6.45) is 1.93. The summed E-state index contributed by atoms with van der Waals surface area (Å²) >= 11 is 8.40. The smallest absolute Gasteiger partial charge is 0.270 e. The number of nitrogens with zero attached hydrogens (tertiary/aromatic N) is 3. The second-order valence-electron chi connectivity index (χ2n) is 10.3. The monoisotopic (exact) mass is 701 g/mol. The van der Waals surface area contributed by atoms with Gasteiger partial charge in [0.05, 0.1) is 20.7 Å². The Kier molecular flexibility index (Phi) is 9.74. The molecule has 4 heterocycles. The molecule has 0 bridgehead atoms. The maximum Gasteiger partial charge on any atom is 0.270 e. The van der Waals surface area contributed by atoms with Crippen molar-refractivity contribution >= 4 is 71.8 Å². The average Bonchev–Trinajstić information content (AvgIpc) is 3.75. The number of nitro groups is 1. The van der Waals surface area contributed by atoms with Gasteiger partial charge in [-0.1, -0.05) is 17.7 Å². The first-order valence-electron chi connectivity index (χ1n) is 13.5. The number of sulfonamides is 2. The third-order valence-electron chi connectivity index (χ3n) is 7.36. The Morgan fingerprint density at radius 2 is 1.73 bits per heavy atom. The van der Waals surface area contributed by atoms with Gasteiger partial charge in [0.2, 0.25) is 21.8 Å². The number of halogens is 1. The Balaban J connectivity index is 1.19. The van der Waals surface area contributed by atoms with E-state index in [4.69, 9.17) is 11.6 Å². The molecule has 18 heteroatoms. The molecule has 2 aromatic heterocycles. The van der Waals surface area contributed by atoms with E-state index in [9.17, 15) is 36.5 Å². The summed E-state index contributed by atoms with van der Waals surface area (Å²) in [6.45, 7) is 0.278. The number of likely N-dealkylation sites (tertiary alicyclic amines) is 2. The van der Waals surface area contributed by atoms with Crippen molar-refractivity contribution in [1.29, 1.82) is 0 Å². The van der Waals surface area contributed by atoms with Crippen LogP contribution in [0.2, 0.25) is 4.34 Å². The van der Waals surface area contributed by atoms with E-state index in [0.717, 1.165) is 27.2 Å². The molecule has 2 N–H and O–H groups in total. The number of nitrogens with one attached hydrogen (secondary N) is 2. The number of thiophene rings is 2. The lowest BCUT2D eigenvalue weighted by molar-refractivity contribution is -0.385. The van der Waals surface area contributed by atoms with Gasteiger partial charge in [0.1, 0.15) is 10.3 Å². The highest BCUT2D eigenvalue weighted by Gasteiger charge is 2.36. The Morgan fingerprint density at radius 1 is 1.00 bits per heavy atom. The van der Waals surface area contributed by atoms with Gasteiger partial charge < -0.3 is 9.80 Å². The Labute approximate surface area is 267 Å². The summed E-state index contributed by atoms with van der Waals surface area (Å²) < 4.78 is 57.4. The zero-order chi connectivity index (χ0) is 31.6. The standard InChI is InChI=1S/C26H28ClN5O8S4/c27-23-10-8-21(41-23)22-9-11-25(42-22)44(39,40)29-20-7-3-12-30(26(20)34)16-24(33)31-13-2-5-18(31)15-28-43(37,38)19-6-1-4-17(14-19)32(35)36/h1,4,6,8-11,14,18,20,28-29H,2-3,5,7,12-13,15-16H2/t18-,20?/m0/s1. The summed E-state index contributed by atoms with van der Waals surface area (Å²) in [5, 5.41) is 11.0. The summed E-state index contributed by atoms with van der Waals surface area (Å²) in [5.41, 5.74) is -0.360. The van der Waals surface area contributed by atoms with Crippen LogP contribution in [-0.4, -0.2) is 81.6 Å². The topological polar surface area (TPSA) is 176 Å². The molecule has 2 fully saturated rings. The summed E-state index contributed by atoms with van der Waals surface area (Å²) in [4.78, 5) is 41.0. The van der Waals surface area contributed by atoms with Crippen LogP contribution >= 0.6 is 34.3 Å². The molecule has 236 valence electrons. The van der Waals surface area contributed by atoms with Crippen molar-refractivity contribution in [2.24, 2.45) is 0 Å². The predicted octanol–water partition coefficient (Wildman–Crippen LogP) is 3.28. The molecule has 2 amide bonds. The van der Waals surface area contributed by atoms with Crippen LogP contribution in [0.3, 0.4) is 0 Å². The van der Waals surface area contributed by atoms with Gasteiger partial charge in [-0.15, -0.1) is 22.7 Å². The third kappa shape index (κ3) is 7.30. The number of carbonyl (C=O) groups is 2. The second kappa shape index (κ2) is 13.2. The van der Waals surface area contributed by atoms with Gasteiger partial charge in [-0.3, -0.25) is 19.7 Å². The Bertz CT molecular complexity index is 1790. The van der Waals surface area contributed by atoms with E-state index >= 15 is 0 Å². The lowest BCUT2D eigenvalue weighted by Crippen LogP contribution is -2.55. The molecule has 5 rings (SSSR count). The van der Waals surface area contributed by atoms with E-state index in [1.807, 2.05) is 0 Å². The fourth-order valence-corrected chi connectivity index (χ4v) is 9.97. The van der Waals surface area contributed by atoms with Crippen molar-refractivity contribution in [1.82, 2.24) is 19.2 Å². The van der Waals surface area contributed by atoms with E-state index in [0.29, 0.717) is 30.1 Å². The lowest BCUT2D eigenvalue weighted by Gasteiger charge is -2.34. The fourth-order valence-electron chi connectivity index (χ4n) is 5.18. The molecule has 2 aliphatic rings. The van der Waals surface area contributed by atoms with Crippen molar-refractivity contribution < 1.29 is 31.3 Å². The second-order valence-corrected chi connectivity index (χ2v) is 16.8. The molecule has 2 saturated heterocycles. The van der Waals surface area contributed by atoms with E-state index in [1.54, 1.807) is 18.2 Å². The molecule has 44 heavy (non-hydrogen) atoms. The number of piperidine rings is 1. The zero-order valence-corrected chi connectivity index (χ0v) is 27.1. The van der Waals surface area contributed by atoms with Gasteiger partial charge in [-0.05, 0) is 56.0 Å². The maximum absolute atomic E-state index is 13.3. The van der Waals surface area contributed by atoms with Gasteiger partial charge in [0.25, 0.3) is 15.7 Å². The molecule has 13 nitrogen and oxygen atoms in total. The minimum Gasteiger partial charge on any atom is -0.337 e. The first kappa shape index (κ1) is 32.5. The maximum atomic E-state index is 13.3. The van der Waals surface area contributed by atoms with Crippen LogP contribution in [0.15, 0.2) is 57.6 Å². The lowest BCUT2D eigenvalue weighted by atomic mass is 10.1. The van der Waals surface area contributed by atoms with Crippen molar-refractivity contribution in [3.8, 4) is 9.75 Å². The van der Waals surface area contributed by atoms with Crippen molar-refractivity contribution in [3.63, 3.8) is 0 Å². The molecular weight excluding hydrogens is 674 g/mol. The van der Waals surface area contributed by atoms with Gasteiger partial charge >= 0.3 is 0 Å². The first-order chi connectivity index (χ1) is 20.8. The highest BCUT2D eigenvalue weighted by Crippen LogP contribution is 2.37. The van der Waals surface area contributed by atoms with Crippen LogP contribution in [-0.2, 0) is 29.6 Å². The van der Waals surface area contributed by atoms with E-state index in [1.165, 1.54) is 45.4 Å². The molecule has 3 aromatic rings. The molecule has 2 aliphatic heterocycles. The molecular formula is C26H28ClN5O8S4. The van der Waals surface area contributed by atoms with Crippen LogP contribution < -0.4 is 9.44 Å². The summed E-state index contributed by atoms with van der Waals surface area (Å²) in [7, 11) is -8.08. The van der Waals surface area contributed by atoms with E-state index in [2.05, 4.69) is 9.44 Å². The summed E-state index contributed by atoms with van der Waals surface area (Å²) in [6, 6.07) is 9.87. The van der Waals surface area contributed by atoms with Gasteiger partial charge in [-0.2, -0.15) is 4.72 Å². The minimum atomic E-state index is -4.08. The number of non-ortho nitro benzene ring substituents is 1. The third-order valence-corrected chi connectivity index (χ3v) is 13.3. The van der Waals surface area contributed by atoms with Crippen LogP contribution in [0.4, 0.5) is 5.69 Å². The largest absolute Gasteiger partial charge is 0.337 e. The number of benzene rings is 1. The van der Waals surface area contributed by atoms with Gasteiger partial charge in [0.15, 0.2) is 0 Å². The minimum absolute atomic E-state index is 0.0606. The summed E-state index contributed by atoms with van der Waals surface area (Å²) in [5.74, 6) is -0.881. The SMILES string of the molecule is O=C1C(NS(=O)(=O)c2ccc(-c3ccc(Cl)s3)s2)CCCN1CC(=O)N1CCC[C@H]1CNS(=O)(=O)c1cccc([N+](=O)[O-])c1. The molecule has 2 atom stereocenters. The van der Waals surface area contributed by atoms with Crippen LogP contribution in [0.25, 0.3) is 9.75 Å².